The molecule has 22 heavy (non-hydrogen) atoms. The summed E-state index contributed by atoms with van der Waals surface area (Å²) < 4.78 is 34.0. The van der Waals surface area contributed by atoms with E-state index in [1.165, 1.54) is 10.5 Å². The van der Waals surface area contributed by atoms with E-state index in [2.05, 4.69) is 31.2 Å². The van der Waals surface area contributed by atoms with Crippen LogP contribution in [0.4, 0.5) is 5.69 Å². The second kappa shape index (κ2) is 6.57. The quantitative estimate of drug-likeness (QED) is 0.384. The Balaban J connectivity index is 0.000000309. The number of halogens is 1. The van der Waals surface area contributed by atoms with Gasteiger partial charge >= 0.3 is 0 Å². The lowest BCUT2D eigenvalue weighted by molar-refractivity contribution is -2.00. The first-order chi connectivity index (χ1) is 10.2. The number of para-hydroxylation sites is 1. The lowest BCUT2D eigenvalue weighted by atomic mass is 10.1. The zero-order valence-corrected chi connectivity index (χ0v) is 13.7. The molecule has 1 aromatic rings. The number of carbonyl (C=O) groups is 1. The number of hydrogen-bond donors (Lipinski definition) is 0. The van der Waals surface area contributed by atoms with Crippen LogP contribution in [0.1, 0.15) is 13.3 Å². The number of benzene rings is 1. The van der Waals surface area contributed by atoms with Gasteiger partial charge in [0.25, 0.3) is 5.91 Å². The van der Waals surface area contributed by atoms with E-state index in [0.29, 0.717) is 5.91 Å². The van der Waals surface area contributed by atoms with E-state index in [9.17, 15) is 4.79 Å². The molecule has 0 bridgehead atoms. The number of rotatable bonds is 0. The Bertz CT molecular complexity index is 595. The van der Waals surface area contributed by atoms with Crippen molar-refractivity contribution in [2.75, 3.05) is 17.7 Å². The predicted molar refractivity (Wildman–Crippen MR) is 72.5 cm³/mol. The molecule has 0 N–H and O–H groups in total. The second-order valence-electron chi connectivity index (χ2n) is 5.08. The Kier molecular flexibility index (Phi) is 5.16. The Labute approximate surface area is 133 Å². The van der Waals surface area contributed by atoms with Crippen LogP contribution in [0.15, 0.2) is 40.8 Å². The topological polar surface area (TPSA) is 113 Å². The summed E-state index contributed by atoms with van der Waals surface area (Å²) in [6.45, 7) is 2.13. The largest absolute Gasteiger partial charge is 0.307 e. The number of hydrogen-bond acceptors (Lipinski definition) is 5. The number of amides is 1. The average molecular weight is 346 g/mol. The number of nitrogens with zero attached hydrogens (tertiary/aromatic N) is 1. The van der Waals surface area contributed by atoms with Crippen molar-refractivity contribution in [2.24, 2.45) is 0 Å². The number of carbonyl (C=O) groups excluding carboxylic acids is 1. The van der Waals surface area contributed by atoms with Gasteiger partial charge in [-0.05, 0) is 25.1 Å². The summed E-state index contributed by atoms with van der Waals surface area (Å²) in [5.74, 6) is 1.33. The molecular weight excluding hydrogens is 330 g/mol. The first-order valence-corrected chi connectivity index (χ1v) is 9.21. The summed E-state index contributed by atoms with van der Waals surface area (Å²) in [6, 6.07) is 8.33. The van der Waals surface area contributed by atoms with Gasteiger partial charge in [0, 0.05) is 24.4 Å². The van der Waals surface area contributed by atoms with Crippen LogP contribution in [0, 0.1) is 10.2 Å². The SMILES string of the molecule is CC1=CC[S+]2c3ccccc3N(C)C(=O)C2C1.[O-][Cl+3]([O-])([O-])[O-]. The molecular formula is C14H16ClNO5S. The molecule has 3 rings (SSSR count). The summed E-state index contributed by atoms with van der Waals surface area (Å²) in [4.78, 5) is 15.6. The first kappa shape index (κ1) is 17.3. The van der Waals surface area contributed by atoms with Gasteiger partial charge in [0.1, 0.15) is 5.75 Å². The Morgan fingerprint density at radius 2 is 1.82 bits per heavy atom. The van der Waals surface area contributed by atoms with Crippen LogP contribution in [-0.2, 0) is 15.7 Å². The van der Waals surface area contributed by atoms with E-state index in [1.54, 1.807) is 0 Å². The Morgan fingerprint density at radius 3 is 2.45 bits per heavy atom. The van der Waals surface area contributed by atoms with Gasteiger partial charge in [0.2, 0.25) is 5.25 Å². The first-order valence-electron chi connectivity index (χ1n) is 6.52. The number of anilines is 1. The molecule has 6 nitrogen and oxygen atoms in total. The third-order valence-electron chi connectivity index (χ3n) is 3.58. The molecule has 1 amide bonds. The molecule has 0 saturated carbocycles. The molecule has 0 saturated heterocycles. The highest BCUT2D eigenvalue weighted by molar-refractivity contribution is 7.98. The van der Waals surface area contributed by atoms with Crippen LogP contribution < -0.4 is 23.5 Å². The van der Waals surface area contributed by atoms with Crippen molar-refractivity contribution in [1.29, 1.82) is 0 Å². The second-order valence-corrected chi connectivity index (χ2v) is 8.04. The molecule has 8 heteroatoms. The van der Waals surface area contributed by atoms with Gasteiger partial charge in [0.15, 0.2) is 4.90 Å². The van der Waals surface area contributed by atoms with E-state index < -0.39 is 10.2 Å². The fourth-order valence-electron chi connectivity index (χ4n) is 2.57. The molecule has 2 heterocycles. The lowest BCUT2D eigenvalue weighted by Gasteiger charge is -2.32. The van der Waals surface area contributed by atoms with Crippen LogP contribution in [-0.4, -0.2) is 24.0 Å². The molecule has 0 radical (unpaired) electrons. The summed E-state index contributed by atoms with van der Waals surface area (Å²) in [5.41, 5.74) is 2.46. The van der Waals surface area contributed by atoms with Crippen LogP contribution in [0.5, 0.6) is 0 Å². The van der Waals surface area contributed by atoms with Crippen molar-refractivity contribution >= 4 is 22.5 Å². The number of allylic oxidation sites excluding steroid dienone is 1. The molecule has 0 aromatic heterocycles. The minimum absolute atomic E-state index is 0.0834. The van der Waals surface area contributed by atoms with E-state index in [0.717, 1.165) is 17.9 Å². The van der Waals surface area contributed by atoms with Crippen molar-refractivity contribution in [3.63, 3.8) is 0 Å². The monoisotopic (exact) mass is 345 g/mol. The standard InChI is InChI=1S/C14H16NOS.ClHO4/c1-10-7-8-17-12-6-4-3-5-11(12)15(2)14(16)13(17)9-10;2-1(3,4)5/h3-7,13H,8-9H2,1-2H3;(H,2,3,4,5)/q+1;/p-1. The maximum atomic E-state index is 12.4. The third-order valence-corrected chi connectivity index (χ3v) is 6.07. The van der Waals surface area contributed by atoms with Crippen molar-refractivity contribution in [1.82, 2.24) is 0 Å². The van der Waals surface area contributed by atoms with Gasteiger partial charge in [-0.15, -0.1) is 10.2 Å². The van der Waals surface area contributed by atoms with Gasteiger partial charge in [-0.2, -0.15) is 0 Å². The van der Waals surface area contributed by atoms with Crippen molar-refractivity contribution < 1.29 is 33.7 Å². The summed E-state index contributed by atoms with van der Waals surface area (Å²) in [5, 5.41) is 0.180. The minimum atomic E-state index is -4.94. The molecule has 1 aromatic carbocycles. The number of fused-ring (bicyclic) bond motifs is 3. The molecule has 0 spiro atoms. The van der Waals surface area contributed by atoms with Crippen LogP contribution in [0.2, 0.25) is 0 Å². The average Bonchev–Trinajstić information content (AvgIpc) is 2.43. The zero-order chi connectivity index (χ0) is 16.5. The Morgan fingerprint density at radius 1 is 1.23 bits per heavy atom. The summed E-state index contributed by atoms with van der Waals surface area (Å²) in [7, 11) is -2.96. The molecule has 0 fully saturated rings. The minimum Gasteiger partial charge on any atom is -0.307 e. The normalized spacial score (nSPS) is 23.8. The maximum Gasteiger partial charge on any atom is 0.280 e. The molecule has 2 atom stereocenters. The van der Waals surface area contributed by atoms with Crippen molar-refractivity contribution in [3.8, 4) is 0 Å². The fraction of sp³-hybridized carbons (Fsp3) is 0.357. The molecule has 2 aliphatic rings. The predicted octanol–water partition coefficient (Wildman–Crippen LogP) is -2.40. The molecule has 2 aliphatic heterocycles. The molecule has 0 aliphatic carbocycles. The van der Waals surface area contributed by atoms with Crippen LogP contribution >= 0.6 is 0 Å². The molecule has 120 valence electrons. The third kappa shape index (κ3) is 4.01. The van der Waals surface area contributed by atoms with E-state index in [1.807, 2.05) is 18.0 Å². The van der Waals surface area contributed by atoms with Gasteiger partial charge in [-0.3, -0.25) is 4.79 Å². The van der Waals surface area contributed by atoms with Crippen molar-refractivity contribution in [2.45, 2.75) is 23.5 Å². The highest BCUT2D eigenvalue weighted by Crippen LogP contribution is 2.39. The smallest absolute Gasteiger partial charge is 0.280 e. The van der Waals surface area contributed by atoms with Gasteiger partial charge in [-0.25, -0.2) is 18.6 Å². The highest BCUT2D eigenvalue weighted by Gasteiger charge is 2.47. The maximum absolute atomic E-state index is 12.4. The zero-order valence-electron chi connectivity index (χ0n) is 12.2. The Hall–Kier alpha value is -1.09. The van der Waals surface area contributed by atoms with E-state index in [-0.39, 0.29) is 16.1 Å². The van der Waals surface area contributed by atoms with Gasteiger partial charge in [0.05, 0.1) is 5.69 Å². The molecule has 2 unspecified atom stereocenters. The van der Waals surface area contributed by atoms with E-state index >= 15 is 0 Å². The van der Waals surface area contributed by atoms with Gasteiger partial charge in [-0.1, -0.05) is 17.7 Å². The van der Waals surface area contributed by atoms with Crippen LogP contribution in [0.3, 0.4) is 0 Å². The van der Waals surface area contributed by atoms with Gasteiger partial charge < -0.3 is 4.90 Å². The summed E-state index contributed by atoms with van der Waals surface area (Å²) in [6.07, 6.45) is 3.23. The van der Waals surface area contributed by atoms with Crippen LogP contribution in [0.25, 0.3) is 0 Å². The fourth-order valence-corrected chi connectivity index (χ4v) is 5.34. The van der Waals surface area contributed by atoms with Crippen molar-refractivity contribution in [3.05, 3.63) is 35.9 Å². The lowest BCUT2D eigenvalue weighted by Crippen LogP contribution is -2.68. The summed E-state index contributed by atoms with van der Waals surface area (Å²) >= 11 is 0. The highest BCUT2D eigenvalue weighted by atomic mass is 35.7. The van der Waals surface area contributed by atoms with E-state index in [4.69, 9.17) is 18.6 Å².